The minimum absolute atomic E-state index is 0.0337. The Morgan fingerprint density at radius 3 is 2.27 bits per heavy atom. The number of ether oxygens (including phenoxy) is 1. The highest BCUT2D eigenvalue weighted by Crippen LogP contribution is 2.23. The first-order valence-electron chi connectivity index (χ1n) is 4.81. The van der Waals surface area contributed by atoms with Crippen molar-refractivity contribution in [3.63, 3.8) is 0 Å². The molecule has 0 heterocycles. The Balaban J connectivity index is 2.65. The maximum atomic E-state index is 11.8. The van der Waals surface area contributed by atoms with E-state index < -0.39 is 10.4 Å². The first-order chi connectivity index (χ1) is 6.91. The summed E-state index contributed by atoms with van der Waals surface area (Å²) < 4.78 is 5.47. The second-order valence-electron chi connectivity index (χ2n) is 4.36. The molecule has 0 aromatic heterocycles. The molecule has 1 unspecified atom stereocenters. The topological polar surface area (TPSA) is 26.3 Å². The predicted molar refractivity (Wildman–Crippen MR) is 64.2 cm³/mol. The third-order valence-electron chi connectivity index (χ3n) is 1.93. The lowest BCUT2D eigenvalue weighted by Crippen LogP contribution is -2.32. The van der Waals surface area contributed by atoms with Crippen molar-refractivity contribution in [2.75, 3.05) is 0 Å². The van der Waals surface area contributed by atoms with Gasteiger partial charge in [-0.25, -0.2) is 0 Å². The van der Waals surface area contributed by atoms with Crippen molar-refractivity contribution >= 4 is 21.7 Å². The van der Waals surface area contributed by atoms with Crippen LogP contribution in [0.3, 0.4) is 0 Å². The van der Waals surface area contributed by atoms with Crippen molar-refractivity contribution in [3.05, 3.63) is 30.3 Å². The summed E-state index contributed by atoms with van der Waals surface area (Å²) in [5.74, 6) is 0.725. The van der Waals surface area contributed by atoms with Crippen molar-refractivity contribution in [1.29, 1.82) is 0 Å². The van der Waals surface area contributed by atoms with Gasteiger partial charge in [-0.2, -0.15) is 0 Å². The molecule has 0 saturated heterocycles. The van der Waals surface area contributed by atoms with E-state index in [0.717, 1.165) is 0 Å². The number of hydrogen-bond donors (Lipinski definition) is 0. The zero-order valence-electron chi connectivity index (χ0n) is 9.16. The number of hydrogen-bond acceptors (Lipinski definition) is 2. The molecule has 15 heavy (non-hydrogen) atoms. The van der Waals surface area contributed by atoms with E-state index in [2.05, 4.69) is 15.9 Å². The van der Waals surface area contributed by atoms with Crippen molar-refractivity contribution in [2.45, 2.75) is 25.8 Å². The molecule has 1 aromatic rings. The Hall–Kier alpha value is -0.830. The van der Waals surface area contributed by atoms with Crippen LogP contribution < -0.4 is 4.74 Å². The number of para-hydroxylation sites is 1. The highest BCUT2D eigenvalue weighted by Gasteiger charge is 2.29. The van der Waals surface area contributed by atoms with E-state index in [-0.39, 0.29) is 5.78 Å². The van der Waals surface area contributed by atoms with Crippen LogP contribution in [0.2, 0.25) is 0 Å². The maximum absolute atomic E-state index is 11.8. The third kappa shape index (κ3) is 3.67. The van der Waals surface area contributed by atoms with Crippen molar-refractivity contribution in [2.24, 2.45) is 5.41 Å². The summed E-state index contributed by atoms with van der Waals surface area (Å²) in [6.45, 7) is 5.62. The van der Waals surface area contributed by atoms with Gasteiger partial charge >= 0.3 is 0 Å². The lowest BCUT2D eigenvalue weighted by atomic mass is 9.91. The van der Waals surface area contributed by atoms with Crippen LogP contribution in [0.5, 0.6) is 5.75 Å². The molecule has 0 aliphatic rings. The van der Waals surface area contributed by atoms with E-state index in [4.69, 9.17) is 4.74 Å². The molecule has 82 valence electrons. The van der Waals surface area contributed by atoms with Gasteiger partial charge in [-0.3, -0.25) is 4.79 Å². The molecular weight excluding hydrogens is 256 g/mol. The molecule has 2 nitrogen and oxygen atoms in total. The standard InChI is InChI=1S/C12H15BrO2/c1-12(2,3)10(14)11(13)15-9-7-5-4-6-8-9/h4-8,11H,1-3H3. The number of benzene rings is 1. The number of halogens is 1. The number of Topliss-reactive ketones (excluding diaryl/α,β-unsaturated/α-hetero) is 1. The van der Waals surface area contributed by atoms with Gasteiger partial charge in [0.1, 0.15) is 5.75 Å². The molecule has 0 spiro atoms. The maximum Gasteiger partial charge on any atom is 0.211 e. The minimum Gasteiger partial charge on any atom is -0.471 e. The SMILES string of the molecule is CC(C)(C)C(=O)C(Br)Oc1ccccc1. The van der Waals surface area contributed by atoms with Gasteiger partial charge in [-0.05, 0) is 28.1 Å². The monoisotopic (exact) mass is 270 g/mol. The van der Waals surface area contributed by atoms with Gasteiger partial charge in [-0.1, -0.05) is 39.0 Å². The molecule has 3 heteroatoms. The first-order valence-corrected chi connectivity index (χ1v) is 5.73. The zero-order chi connectivity index (χ0) is 11.5. The van der Waals surface area contributed by atoms with Crippen LogP contribution in [0.25, 0.3) is 0 Å². The summed E-state index contributed by atoms with van der Waals surface area (Å²) in [5.41, 5.74) is -0.400. The molecule has 0 saturated carbocycles. The number of alkyl halides is 1. The summed E-state index contributed by atoms with van der Waals surface area (Å²) in [7, 11) is 0. The Morgan fingerprint density at radius 2 is 1.80 bits per heavy atom. The van der Waals surface area contributed by atoms with E-state index in [1.54, 1.807) is 0 Å². The second kappa shape index (κ2) is 4.79. The summed E-state index contributed by atoms with van der Waals surface area (Å²) in [6.07, 6.45) is 0. The van der Waals surface area contributed by atoms with Gasteiger partial charge in [0, 0.05) is 5.41 Å². The molecule has 0 bridgehead atoms. The lowest BCUT2D eigenvalue weighted by molar-refractivity contribution is -0.129. The fourth-order valence-electron chi connectivity index (χ4n) is 1.01. The van der Waals surface area contributed by atoms with Crippen LogP contribution in [-0.4, -0.2) is 10.8 Å². The van der Waals surface area contributed by atoms with Crippen LogP contribution in [0, 0.1) is 5.41 Å². The Bertz CT molecular complexity index is 327. The molecule has 0 fully saturated rings. The van der Waals surface area contributed by atoms with E-state index >= 15 is 0 Å². The molecule has 1 atom stereocenters. The molecule has 1 aromatic carbocycles. The van der Waals surface area contributed by atoms with Crippen molar-refractivity contribution < 1.29 is 9.53 Å². The van der Waals surface area contributed by atoms with Crippen molar-refractivity contribution in [1.82, 2.24) is 0 Å². The number of rotatable bonds is 3. The lowest BCUT2D eigenvalue weighted by Gasteiger charge is -2.21. The number of carbonyl (C=O) groups excluding carboxylic acids is 1. The third-order valence-corrected chi connectivity index (χ3v) is 2.53. The van der Waals surface area contributed by atoms with Gasteiger partial charge < -0.3 is 4.74 Å². The summed E-state index contributed by atoms with van der Waals surface area (Å²) in [5, 5.41) is -0.583. The summed E-state index contributed by atoms with van der Waals surface area (Å²) in [4.78, 5) is 11.8. The normalized spacial score (nSPS) is 13.3. The zero-order valence-corrected chi connectivity index (χ0v) is 10.7. The van der Waals surface area contributed by atoms with Crippen LogP contribution in [-0.2, 0) is 4.79 Å². The number of ketones is 1. The molecule has 0 amide bonds. The molecule has 0 aliphatic heterocycles. The van der Waals surface area contributed by atoms with Gasteiger partial charge in [0.25, 0.3) is 0 Å². The van der Waals surface area contributed by atoms with Crippen molar-refractivity contribution in [3.8, 4) is 5.75 Å². The Labute approximate surface area is 98.8 Å². The highest BCUT2D eigenvalue weighted by atomic mass is 79.9. The highest BCUT2D eigenvalue weighted by molar-refractivity contribution is 9.09. The molecule has 1 rings (SSSR count). The fraction of sp³-hybridized carbons (Fsp3) is 0.417. The Kier molecular flexibility index (Phi) is 3.91. The van der Waals surface area contributed by atoms with E-state index in [1.165, 1.54) is 0 Å². The smallest absolute Gasteiger partial charge is 0.211 e. The van der Waals surface area contributed by atoms with Crippen LogP contribution >= 0.6 is 15.9 Å². The fourth-order valence-corrected chi connectivity index (χ4v) is 1.92. The summed E-state index contributed by atoms with van der Waals surface area (Å²) in [6, 6.07) is 9.29. The largest absolute Gasteiger partial charge is 0.471 e. The van der Waals surface area contributed by atoms with Gasteiger partial charge in [-0.15, -0.1) is 0 Å². The van der Waals surface area contributed by atoms with E-state index in [9.17, 15) is 4.79 Å². The minimum atomic E-state index is -0.583. The average molecular weight is 271 g/mol. The van der Waals surface area contributed by atoms with Crippen LogP contribution in [0.1, 0.15) is 20.8 Å². The predicted octanol–water partition coefficient (Wildman–Crippen LogP) is 3.40. The molecular formula is C12H15BrO2. The van der Waals surface area contributed by atoms with E-state index in [0.29, 0.717) is 5.75 Å². The molecule has 0 radical (unpaired) electrons. The average Bonchev–Trinajstić information content (AvgIpc) is 2.16. The van der Waals surface area contributed by atoms with Crippen LogP contribution in [0.4, 0.5) is 0 Å². The molecule has 0 N–H and O–H groups in total. The quantitative estimate of drug-likeness (QED) is 0.787. The number of carbonyl (C=O) groups is 1. The van der Waals surface area contributed by atoms with Crippen LogP contribution in [0.15, 0.2) is 30.3 Å². The first kappa shape index (κ1) is 12.2. The second-order valence-corrected chi connectivity index (χ2v) is 5.19. The van der Waals surface area contributed by atoms with Gasteiger partial charge in [0.15, 0.2) is 5.78 Å². The van der Waals surface area contributed by atoms with Gasteiger partial charge in [0.2, 0.25) is 5.01 Å². The van der Waals surface area contributed by atoms with E-state index in [1.807, 2.05) is 51.1 Å². The molecule has 0 aliphatic carbocycles. The Morgan fingerprint density at radius 1 is 1.27 bits per heavy atom. The van der Waals surface area contributed by atoms with Gasteiger partial charge in [0.05, 0.1) is 0 Å². The summed E-state index contributed by atoms with van der Waals surface area (Å²) >= 11 is 3.24.